The van der Waals surface area contributed by atoms with E-state index >= 15 is 0 Å². The van der Waals surface area contributed by atoms with Crippen molar-refractivity contribution >= 4 is 19.7 Å². The maximum atomic E-state index is 13.6. The molecule has 0 bridgehead atoms. The van der Waals surface area contributed by atoms with Gasteiger partial charge in [0.15, 0.2) is 0 Å². The van der Waals surface area contributed by atoms with Gasteiger partial charge in [-0.3, -0.25) is 14.2 Å². The van der Waals surface area contributed by atoms with Crippen LogP contribution in [0.2, 0.25) is 0 Å². The fourth-order valence-electron chi connectivity index (χ4n) is 9.00. The molecule has 0 aliphatic rings. The maximum absolute atomic E-state index is 13.6. The number of unbranched alkanes of at least 4 members (excludes halogenated alkanes) is 25. The first kappa shape index (κ1) is 78.4. The van der Waals surface area contributed by atoms with E-state index in [4.69, 9.17) is 13.8 Å². The van der Waals surface area contributed by atoms with Crippen LogP contribution in [0.4, 0.5) is 0 Å². The predicted molar refractivity (Wildman–Crippen MR) is 353 cm³/mol. The van der Waals surface area contributed by atoms with Crippen LogP contribution in [0, 0.1) is 0 Å². The maximum Gasteiger partial charge on any atom is 0.306 e. The van der Waals surface area contributed by atoms with Crippen molar-refractivity contribution in [1.82, 2.24) is 5.32 Å². The van der Waals surface area contributed by atoms with Gasteiger partial charge < -0.3 is 28.5 Å². The van der Waals surface area contributed by atoms with Crippen LogP contribution in [0.3, 0.4) is 0 Å². The SMILES string of the molecule is CC/C=C\C/C=C\C/C=C\C/C=C\C/C=C\C/C=C\CCCCC(=O)NC(COP(=O)([O-])OCC[N+](C)(C)C)C(/C=C/CCCCCCCCCCCC)OC(=O)CCCCCCCCCCCC/C=C\C/C=C\C/C=C\CCCCC. The summed E-state index contributed by atoms with van der Waals surface area (Å²) in [6.07, 6.45) is 84.6. The summed E-state index contributed by atoms with van der Waals surface area (Å²) < 4.78 is 30.3. The van der Waals surface area contributed by atoms with Crippen molar-refractivity contribution in [3.63, 3.8) is 0 Å². The Kier molecular flexibility index (Phi) is 57.9. The quantitative estimate of drug-likeness (QED) is 0.0212. The van der Waals surface area contributed by atoms with Crippen LogP contribution >= 0.6 is 7.82 Å². The van der Waals surface area contributed by atoms with Crippen LogP contribution in [0.25, 0.3) is 0 Å². The molecule has 0 spiro atoms. The van der Waals surface area contributed by atoms with Gasteiger partial charge in [0.25, 0.3) is 7.82 Å². The molecule has 0 fully saturated rings. The lowest BCUT2D eigenvalue weighted by Gasteiger charge is -2.30. The summed E-state index contributed by atoms with van der Waals surface area (Å²) in [7, 11) is 1.14. The fourth-order valence-corrected chi connectivity index (χ4v) is 9.73. The van der Waals surface area contributed by atoms with Crippen molar-refractivity contribution < 1.29 is 37.3 Å². The number of carbonyl (C=O) groups is 2. The molecule has 3 atom stereocenters. The van der Waals surface area contributed by atoms with E-state index < -0.39 is 26.6 Å². The number of likely N-dealkylation sites (N-methyl/N-ethyl adjacent to an activating group) is 1. The van der Waals surface area contributed by atoms with E-state index in [-0.39, 0.29) is 31.3 Å². The highest BCUT2D eigenvalue weighted by Crippen LogP contribution is 2.38. The van der Waals surface area contributed by atoms with Crippen molar-refractivity contribution in [1.29, 1.82) is 0 Å². The van der Waals surface area contributed by atoms with E-state index in [0.29, 0.717) is 23.9 Å². The topological polar surface area (TPSA) is 114 Å². The van der Waals surface area contributed by atoms with Gasteiger partial charge in [0.2, 0.25) is 5.91 Å². The summed E-state index contributed by atoms with van der Waals surface area (Å²) in [5, 5.41) is 3.01. The molecule has 470 valence electrons. The van der Waals surface area contributed by atoms with E-state index in [2.05, 4.69) is 135 Å². The summed E-state index contributed by atoms with van der Waals surface area (Å²) in [6.45, 7) is 6.66. The van der Waals surface area contributed by atoms with Crippen LogP contribution in [0.15, 0.2) is 122 Å². The van der Waals surface area contributed by atoms with E-state index in [1.54, 1.807) is 0 Å². The first-order valence-electron chi connectivity index (χ1n) is 33.3. The average Bonchev–Trinajstić information content (AvgIpc) is 3.44. The number of allylic oxidation sites excluding steroid dienone is 19. The fraction of sp³-hybridized carbons (Fsp3) is 0.694. The Morgan fingerprint density at radius 3 is 1.21 bits per heavy atom. The Balaban J connectivity index is 5.25. The van der Waals surface area contributed by atoms with E-state index in [1.807, 2.05) is 33.3 Å². The highest BCUT2D eigenvalue weighted by molar-refractivity contribution is 7.45. The monoisotopic (exact) mass is 1160 g/mol. The Hall–Kier alpha value is -3.59. The minimum atomic E-state index is -4.72. The van der Waals surface area contributed by atoms with Gasteiger partial charge in [0, 0.05) is 12.8 Å². The number of amides is 1. The summed E-state index contributed by atoms with van der Waals surface area (Å²) >= 11 is 0. The van der Waals surface area contributed by atoms with E-state index in [0.717, 1.165) is 109 Å². The number of esters is 1. The van der Waals surface area contributed by atoms with Crippen molar-refractivity contribution in [2.24, 2.45) is 0 Å². The van der Waals surface area contributed by atoms with Crippen molar-refractivity contribution in [3.8, 4) is 0 Å². The van der Waals surface area contributed by atoms with Crippen LogP contribution in [-0.4, -0.2) is 69.4 Å². The number of phosphoric ester groups is 1. The summed E-state index contributed by atoms with van der Waals surface area (Å²) in [4.78, 5) is 40.1. The minimum absolute atomic E-state index is 0.0377. The molecular weight excluding hydrogens is 1040 g/mol. The largest absolute Gasteiger partial charge is 0.756 e. The van der Waals surface area contributed by atoms with Gasteiger partial charge in [0.05, 0.1) is 33.8 Å². The van der Waals surface area contributed by atoms with Crippen LogP contribution in [0.1, 0.15) is 271 Å². The normalized spacial score (nSPS) is 14.4. The number of carbonyl (C=O) groups excluding carboxylic acids is 2. The molecule has 0 saturated carbocycles. The Morgan fingerprint density at radius 2 is 0.780 bits per heavy atom. The third kappa shape index (κ3) is 61.0. The number of phosphoric acid groups is 1. The van der Waals surface area contributed by atoms with Gasteiger partial charge in [-0.25, -0.2) is 0 Å². The Morgan fingerprint density at radius 1 is 0.439 bits per heavy atom. The zero-order valence-electron chi connectivity index (χ0n) is 53.7. The van der Waals surface area contributed by atoms with Crippen LogP contribution < -0.4 is 10.2 Å². The molecule has 3 unspecified atom stereocenters. The molecule has 0 heterocycles. The lowest BCUT2D eigenvalue weighted by molar-refractivity contribution is -0.870. The van der Waals surface area contributed by atoms with E-state index in [9.17, 15) is 19.0 Å². The molecule has 10 heteroatoms. The second-order valence-corrected chi connectivity index (χ2v) is 24.6. The third-order valence-corrected chi connectivity index (χ3v) is 15.1. The summed E-state index contributed by atoms with van der Waals surface area (Å²) in [5.41, 5.74) is 0. The molecule has 0 aromatic rings. The molecular formula is C72H125N2O7P. The van der Waals surface area contributed by atoms with Crippen LogP contribution in [0.5, 0.6) is 0 Å². The zero-order chi connectivity index (χ0) is 60.0. The molecule has 0 rings (SSSR count). The highest BCUT2D eigenvalue weighted by Gasteiger charge is 2.27. The molecule has 1 N–H and O–H groups in total. The lowest BCUT2D eigenvalue weighted by atomic mass is 10.0. The number of rotatable bonds is 59. The number of nitrogens with zero attached hydrogens (tertiary/aromatic N) is 1. The minimum Gasteiger partial charge on any atom is -0.756 e. The smallest absolute Gasteiger partial charge is 0.306 e. The molecule has 0 aliphatic carbocycles. The third-order valence-electron chi connectivity index (χ3n) is 14.1. The average molecular weight is 1160 g/mol. The first-order chi connectivity index (χ1) is 39.9. The summed E-state index contributed by atoms with van der Waals surface area (Å²) in [5.74, 6) is -0.601. The van der Waals surface area contributed by atoms with Crippen molar-refractivity contribution in [3.05, 3.63) is 122 Å². The van der Waals surface area contributed by atoms with Crippen molar-refractivity contribution in [2.75, 3.05) is 40.9 Å². The number of nitrogens with one attached hydrogen (secondary N) is 1. The van der Waals surface area contributed by atoms with Gasteiger partial charge in [-0.15, -0.1) is 0 Å². The predicted octanol–water partition coefficient (Wildman–Crippen LogP) is 20.4. The van der Waals surface area contributed by atoms with Gasteiger partial charge in [-0.1, -0.05) is 258 Å². The lowest BCUT2D eigenvalue weighted by Crippen LogP contribution is -2.47. The summed E-state index contributed by atoms with van der Waals surface area (Å²) in [6, 6.07) is -0.922. The van der Waals surface area contributed by atoms with Gasteiger partial charge in [0.1, 0.15) is 19.3 Å². The highest BCUT2D eigenvalue weighted by atomic mass is 31.2. The molecule has 9 nitrogen and oxygen atoms in total. The molecule has 0 aliphatic heterocycles. The number of quaternary nitrogens is 1. The van der Waals surface area contributed by atoms with Crippen LogP contribution in [-0.2, 0) is 27.9 Å². The van der Waals surface area contributed by atoms with Gasteiger partial charge >= 0.3 is 5.97 Å². The number of hydrogen-bond acceptors (Lipinski definition) is 7. The second-order valence-electron chi connectivity index (χ2n) is 23.2. The first-order valence-corrected chi connectivity index (χ1v) is 34.8. The Labute approximate surface area is 505 Å². The standard InChI is InChI=1S/C72H125N2O7P/c1-7-10-13-16-19-22-25-28-30-32-34-36-37-39-41-43-45-47-50-53-56-59-62-65-72(76)81-70(63-60-57-54-51-48-27-24-21-18-15-12-9-3)69(68-80-82(77,78)79-67-66-74(4,5)6)73-71(75)64-61-58-55-52-49-46-44-42-40-38-35-33-31-29-26-23-20-17-14-11-8-2/h11,14,19-20,22-23,28-31,34-36,38,42,44,49,52,60,63,69-70H,7-10,12-13,15-18,21,24-27,32-33,37,39-41,43,45-48,50-51,53-59,61-62,64-68H2,1-6H3,(H-,73,75,77,78)/b14-11-,22-19-,23-20-,30-28-,31-29-,36-34-,38-35-,44-42-,52-49-,63-60+. The van der Waals surface area contributed by atoms with Gasteiger partial charge in [-0.05, 0) is 122 Å². The van der Waals surface area contributed by atoms with Gasteiger partial charge in [-0.2, -0.15) is 0 Å². The zero-order valence-corrected chi connectivity index (χ0v) is 54.5. The molecule has 82 heavy (non-hydrogen) atoms. The number of hydrogen-bond donors (Lipinski definition) is 1. The second kappa shape index (κ2) is 60.5. The number of ether oxygens (including phenoxy) is 1. The molecule has 0 aromatic heterocycles. The van der Waals surface area contributed by atoms with E-state index in [1.165, 1.54) is 116 Å². The molecule has 0 saturated heterocycles. The molecule has 1 amide bonds. The Bertz CT molecular complexity index is 1820. The van der Waals surface area contributed by atoms with Crippen molar-refractivity contribution in [2.45, 2.75) is 283 Å². The molecule has 0 aromatic carbocycles. The molecule has 0 radical (unpaired) electrons.